The molecule has 2 atom stereocenters. The summed E-state index contributed by atoms with van der Waals surface area (Å²) >= 11 is 0. The van der Waals surface area contributed by atoms with Crippen molar-refractivity contribution < 1.29 is 0 Å². The van der Waals surface area contributed by atoms with Gasteiger partial charge in [-0.1, -0.05) is 6.42 Å². The van der Waals surface area contributed by atoms with Crippen molar-refractivity contribution in [2.75, 3.05) is 13.6 Å². The Kier molecular flexibility index (Phi) is 2.73. The number of nitrogens with one attached hydrogen (secondary N) is 1. The molecule has 0 aromatic rings. The Labute approximate surface area is 93.4 Å². The van der Waals surface area contributed by atoms with Gasteiger partial charge in [-0.15, -0.1) is 0 Å². The minimum absolute atomic E-state index is 0.833. The van der Waals surface area contributed by atoms with Crippen LogP contribution in [0, 0.1) is 5.92 Å². The summed E-state index contributed by atoms with van der Waals surface area (Å²) in [7, 11) is 2.32. The van der Waals surface area contributed by atoms with Gasteiger partial charge in [-0.2, -0.15) is 0 Å². The average Bonchev–Trinajstić information content (AvgIpc) is 2.40. The fourth-order valence-corrected chi connectivity index (χ4v) is 3.61. The van der Waals surface area contributed by atoms with Crippen LogP contribution in [-0.4, -0.2) is 36.6 Å². The first-order valence-corrected chi connectivity index (χ1v) is 6.78. The highest BCUT2D eigenvalue weighted by Crippen LogP contribution is 2.34. The lowest BCUT2D eigenvalue weighted by molar-refractivity contribution is 0.142. The summed E-state index contributed by atoms with van der Waals surface area (Å²) in [5, 5.41) is 3.82. The quantitative estimate of drug-likeness (QED) is 0.763. The van der Waals surface area contributed by atoms with E-state index in [0.29, 0.717) is 0 Å². The van der Waals surface area contributed by atoms with Crippen molar-refractivity contribution in [2.45, 2.75) is 63.1 Å². The van der Waals surface area contributed by atoms with E-state index in [0.717, 1.165) is 24.0 Å². The van der Waals surface area contributed by atoms with Gasteiger partial charge in [0.15, 0.2) is 0 Å². The molecule has 3 aliphatic rings. The maximum absolute atomic E-state index is 3.82. The molecular formula is C13H24N2. The fraction of sp³-hybridized carbons (Fsp3) is 1.00. The molecule has 86 valence electrons. The summed E-state index contributed by atoms with van der Waals surface area (Å²) in [6.07, 6.45) is 10.1. The first kappa shape index (κ1) is 10.1. The maximum Gasteiger partial charge on any atom is 0.0111 e. The summed E-state index contributed by atoms with van der Waals surface area (Å²) in [4.78, 5) is 2.63. The minimum Gasteiger partial charge on any atom is -0.314 e. The number of rotatable bonds is 3. The molecule has 15 heavy (non-hydrogen) atoms. The molecule has 1 N–H and O–H groups in total. The summed E-state index contributed by atoms with van der Waals surface area (Å²) in [6.45, 7) is 1.30. The molecule has 2 aliphatic heterocycles. The molecule has 3 rings (SSSR count). The van der Waals surface area contributed by atoms with E-state index in [-0.39, 0.29) is 0 Å². The zero-order chi connectivity index (χ0) is 10.3. The molecule has 0 radical (unpaired) electrons. The van der Waals surface area contributed by atoms with Crippen molar-refractivity contribution in [3.05, 3.63) is 0 Å². The molecule has 3 fully saturated rings. The SMILES string of the molecule is CN1C2CCC1CC(NCC1CCC1)C2. The molecule has 0 aromatic heterocycles. The summed E-state index contributed by atoms with van der Waals surface area (Å²) < 4.78 is 0. The van der Waals surface area contributed by atoms with Gasteiger partial charge in [0.25, 0.3) is 0 Å². The second-order valence-corrected chi connectivity index (χ2v) is 5.92. The predicted octanol–water partition coefficient (Wildman–Crippen LogP) is 2.00. The molecule has 2 heteroatoms. The van der Waals surface area contributed by atoms with Crippen LogP contribution in [0.25, 0.3) is 0 Å². The van der Waals surface area contributed by atoms with Crippen LogP contribution in [0.4, 0.5) is 0 Å². The molecule has 0 aromatic carbocycles. The Balaban J connectivity index is 1.47. The van der Waals surface area contributed by atoms with Crippen LogP contribution in [0.2, 0.25) is 0 Å². The lowest BCUT2D eigenvalue weighted by Crippen LogP contribution is -2.48. The third kappa shape index (κ3) is 1.94. The minimum atomic E-state index is 0.833. The van der Waals surface area contributed by atoms with Crippen molar-refractivity contribution in [3.8, 4) is 0 Å². The van der Waals surface area contributed by atoms with Crippen LogP contribution in [-0.2, 0) is 0 Å². The zero-order valence-corrected chi connectivity index (χ0v) is 9.91. The Morgan fingerprint density at radius 3 is 2.27 bits per heavy atom. The van der Waals surface area contributed by atoms with Crippen molar-refractivity contribution in [3.63, 3.8) is 0 Å². The highest BCUT2D eigenvalue weighted by molar-refractivity contribution is 4.96. The standard InChI is InChI=1S/C13H24N2/c1-15-12-5-6-13(15)8-11(7-12)14-9-10-3-2-4-10/h10-14H,2-9H2,1H3. The van der Waals surface area contributed by atoms with Gasteiger partial charge >= 0.3 is 0 Å². The van der Waals surface area contributed by atoms with Crippen LogP contribution in [0.3, 0.4) is 0 Å². The number of nitrogens with zero attached hydrogens (tertiary/aromatic N) is 1. The molecule has 0 spiro atoms. The Morgan fingerprint density at radius 1 is 1.07 bits per heavy atom. The first-order chi connectivity index (χ1) is 7.33. The van der Waals surface area contributed by atoms with E-state index in [2.05, 4.69) is 17.3 Å². The van der Waals surface area contributed by atoms with E-state index in [9.17, 15) is 0 Å². The Hall–Kier alpha value is -0.0800. The van der Waals surface area contributed by atoms with E-state index in [1.807, 2.05) is 0 Å². The summed E-state index contributed by atoms with van der Waals surface area (Å²) in [6, 6.07) is 2.62. The smallest absolute Gasteiger partial charge is 0.0111 e. The van der Waals surface area contributed by atoms with E-state index < -0.39 is 0 Å². The number of hydrogen-bond acceptors (Lipinski definition) is 2. The molecule has 1 saturated carbocycles. The molecule has 0 amide bonds. The zero-order valence-electron chi connectivity index (χ0n) is 9.91. The van der Waals surface area contributed by atoms with E-state index >= 15 is 0 Å². The van der Waals surface area contributed by atoms with Gasteiger partial charge in [-0.05, 0) is 58.0 Å². The van der Waals surface area contributed by atoms with Gasteiger partial charge < -0.3 is 10.2 Å². The van der Waals surface area contributed by atoms with E-state index in [1.54, 1.807) is 0 Å². The van der Waals surface area contributed by atoms with Crippen LogP contribution >= 0.6 is 0 Å². The normalized spacial score (nSPS) is 41.8. The summed E-state index contributed by atoms with van der Waals surface area (Å²) in [5.41, 5.74) is 0. The second-order valence-electron chi connectivity index (χ2n) is 5.92. The monoisotopic (exact) mass is 208 g/mol. The average molecular weight is 208 g/mol. The van der Waals surface area contributed by atoms with Crippen molar-refractivity contribution in [2.24, 2.45) is 5.92 Å². The van der Waals surface area contributed by atoms with Crippen LogP contribution in [0.15, 0.2) is 0 Å². The maximum atomic E-state index is 3.82. The molecule has 2 heterocycles. The molecular weight excluding hydrogens is 184 g/mol. The van der Waals surface area contributed by atoms with Gasteiger partial charge in [0.1, 0.15) is 0 Å². The highest BCUT2D eigenvalue weighted by Gasteiger charge is 2.38. The number of piperidine rings is 1. The lowest BCUT2D eigenvalue weighted by atomic mass is 9.85. The molecule has 1 aliphatic carbocycles. The first-order valence-electron chi connectivity index (χ1n) is 6.78. The highest BCUT2D eigenvalue weighted by atomic mass is 15.2. The molecule has 2 nitrogen and oxygen atoms in total. The Bertz CT molecular complexity index is 211. The van der Waals surface area contributed by atoms with Crippen molar-refractivity contribution in [1.82, 2.24) is 10.2 Å². The molecule has 2 bridgehead atoms. The third-order valence-electron chi connectivity index (χ3n) is 5.02. The number of hydrogen-bond donors (Lipinski definition) is 1. The fourth-order valence-electron chi connectivity index (χ4n) is 3.61. The number of fused-ring (bicyclic) bond motifs is 2. The summed E-state index contributed by atoms with van der Waals surface area (Å²) in [5.74, 6) is 1.02. The van der Waals surface area contributed by atoms with Crippen molar-refractivity contribution in [1.29, 1.82) is 0 Å². The van der Waals surface area contributed by atoms with Gasteiger partial charge in [-0.25, -0.2) is 0 Å². The topological polar surface area (TPSA) is 15.3 Å². The van der Waals surface area contributed by atoms with E-state index in [1.165, 1.54) is 51.5 Å². The predicted molar refractivity (Wildman–Crippen MR) is 62.9 cm³/mol. The van der Waals surface area contributed by atoms with Crippen LogP contribution in [0.5, 0.6) is 0 Å². The van der Waals surface area contributed by atoms with Gasteiger partial charge in [0.05, 0.1) is 0 Å². The largest absolute Gasteiger partial charge is 0.314 e. The van der Waals surface area contributed by atoms with Gasteiger partial charge in [0, 0.05) is 18.1 Å². The van der Waals surface area contributed by atoms with Gasteiger partial charge in [-0.3, -0.25) is 0 Å². The third-order valence-corrected chi connectivity index (χ3v) is 5.02. The lowest BCUT2D eigenvalue weighted by Gasteiger charge is -2.38. The molecule has 2 unspecified atom stereocenters. The Morgan fingerprint density at radius 2 is 1.73 bits per heavy atom. The van der Waals surface area contributed by atoms with Gasteiger partial charge in [0.2, 0.25) is 0 Å². The molecule has 2 saturated heterocycles. The van der Waals surface area contributed by atoms with Crippen LogP contribution in [0.1, 0.15) is 44.9 Å². The second kappa shape index (κ2) is 4.06. The van der Waals surface area contributed by atoms with E-state index in [4.69, 9.17) is 0 Å². The van der Waals surface area contributed by atoms with Crippen LogP contribution < -0.4 is 5.32 Å². The van der Waals surface area contributed by atoms with Crippen molar-refractivity contribution >= 4 is 0 Å².